The molecule has 0 radical (unpaired) electrons. The Balaban J connectivity index is 2.39. The van der Waals surface area contributed by atoms with E-state index in [9.17, 15) is 10.2 Å². The fraction of sp³-hybridized carbons (Fsp3) is 0.636. The van der Waals surface area contributed by atoms with Crippen molar-refractivity contribution < 1.29 is 10.2 Å². The Bertz CT molecular complexity index is 206. The zero-order valence-corrected chi connectivity index (χ0v) is 8.11. The third-order valence-corrected chi connectivity index (χ3v) is 2.39. The van der Waals surface area contributed by atoms with Crippen LogP contribution in [0.3, 0.4) is 0 Å². The summed E-state index contributed by atoms with van der Waals surface area (Å²) in [6, 6.07) is 0. The molecule has 0 spiro atoms. The second kappa shape index (κ2) is 5.20. The van der Waals surface area contributed by atoms with Gasteiger partial charge in [-0.05, 0) is 18.4 Å². The molecule has 2 heteroatoms. The molecule has 0 aromatic carbocycles. The van der Waals surface area contributed by atoms with E-state index in [0.717, 1.165) is 18.4 Å². The molecule has 2 N–H and O–H groups in total. The molecule has 0 aromatic rings. The summed E-state index contributed by atoms with van der Waals surface area (Å²) in [5.41, 5.74) is 0.962. The van der Waals surface area contributed by atoms with E-state index in [2.05, 4.69) is 6.92 Å². The molecule has 1 aliphatic rings. The molecular formula is C11H18O2. The van der Waals surface area contributed by atoms with Crippen molar-refractivity contribution in [2.45, 2.75) is 44.8 Å². The summed E-state index contributed by atoms with van der Waals surface area (Å²) in [4.78, 5) is 0. The SMILES string of the molecule is CCCCCC1=CC=C[C@@H](O)[C@H]1O. The number of rotatable bonds is 4. The Morgan fingerprint density at radius 1 is 1.31 bits per heavy atom. The summed E-state index contributed by atoms with van der Waals surface area (Å²) in [7, 11) is 0. The van der Waals surface area contributed by atoms with Gasteiger partial charge in [-0.1, -0.05) is 38.0 Å². The highest BCUT2D eigenvalue weighted by molar-refractivity contribution is 5.25. The minimum absolute atomic E-state index is 0.679. The molecule has 1 rings (SSSR count). The van der Waals surface area contributed by atoms with Gasteiger partial charge in [0.05, 0.1) is 0 Å². The molecule has 0 saturated heterocycles. The van der Waals surface area contributed by atoms with E-state index in [0.29, 0.717) is 0 Å². The van der Waals surface area contributed by atoms with Crippen molar-refractivity contribution in [2.75, 3.05) is 0 Å². The first-order chi connectivity index (χ1) is 6.25. The molecule has 0 fully saturated rings. The van der Waals surface area contributed by atoms with Crippen molar-refractivity contribution >= 4 is 0 Å². The number of allylic oxidation sites excluding steroid dienone is 2. The van der Waals surface area contributed by atoms with Crippen molar-refractivity contribution in [3.63, 3.8) is 0 Å². The molecule has 74 valence electrons. The van der Waals surface area contributed by atoms with Crippen LogP contribution >= 0.6 is 0 Å². The summed E-state index contributed by atoms with van der Waals surface area (Å²) in [6.45, 7) is 2.15. The second-order valence-electron chi connectivity index (χ2n) is 3.52. The quantitative estimate of drug-likeness (QED) is 0.651. The standard InChI is InChI=1S/C11H18O2/c1-2-3-4-6-9-7-5-8-10(12)11(9)13/h5,7-8,10-13H,2-4,6H2,1H3/t10-,11+/m1/s1. The molecule has 0 aliphatic heterocycles. The van der Waals surface area contributed by atoms with Crippen molar-refractivity contribution in [3.8, 4) is 0 Å². The van der Waals surface area contributed by atoms with Gasteiger partial charge in [0.1, 0.15) is 12.2 Å². The predicted octanol–water partition coefficient (Wildman–Crippen LogP) is 1.78. The zero-order chi connectivity index (χ0) is 9.68. The average Bonchev–Trinajstić information content (AvgIpc) is 2.13. The van der Waals surface area contributed by atoms with E-state index in [-0.39, 0.29) is 0 Å². The van der Waals surface area contributed by atoms with Gasteiger partial charge < -0.3 is 10.2 Å². The van der Waals surface area contributed by atoms with Gasteiger partial charge in [-0.3, -0.25) is 0 Å². The summed E-state index contributed by atoms with van der Waals surface area (Å²) in [5, 5.41) is 18.9. The lowest BCUT2D eigenvalue weighted by Gasteiger charge is -2.21. The van der Waals surface area contributed by atoms with Crippen molar-refractivity contribution in [3.05, 3.63) is 23.8 Å². The third-order valence-electron chi connectivity index (χ3n) is 2.39. The number of hydrogen-bond donors (Lipinski definition) is 2. The van der Waals surface area contributed by atoms with E-state index in [1.807, 2.05) is 12.2 Å². The maximum atomic E-state index is 9.57. The first-order valence-electron chi connectivity index (χ1n) is 4.99. The van der Waals surface area contributed by atoms with Gasteiger partial charge in [-0.15, -0.1) is 0 Å². The highest BCUT2D eigenvalue weighted by Crippen LogP contribution is 2.19. The van der Waals surface area contributed by atoms with Gasteiger partial charge in [0.25, 0.3) is 0 Å². The molecule has 0 bridgehead atoms. The molecule has 0 saturated carbocycles. The highest BCUT2D eigenvalue weighted by Gasteiger charge is 2.19. The minimum Gasteiger partial charge on any atom is -0.386 e. The van der Waals surface area contributed by atoms with Crippen LogP contribution in [0.5, 0.6) is 0 Å². The lowest BCUT2D eigenvalue weighted by molar-refractivity contribution is 0.0690. The van der Waals surface area contributed by atoms with Crippen LogP contribution in [-0.2, 0) is 0 Å². The van der Waals surface area contributed by atoms with Gasteiger partial charge in [0.2, 0.25) is 0 Å². The molecule has 0 aromatic heterocycles. The minimum atomic E-state index is -0.707. The van der Waals surface area contributed by atoms with Gasteiger partial charge >= 0.3 is 0 Å². The Labute approximate surface area is 79.6 Å². The normalized spacial score (nSPS) is 27.5. The molecule has 2 atom stereocenters. The lowest BCUT2D eigenvalue weighted by Crippen LogP contribution is -2.27. The molecule has 0 amide bonds. The van der Waals surface area contributed by atoms with Gasteiger partial charge in [0, 0.05) is 0 Å². The largest absolute Gasteiger partial charge is 0.386 e. The van der Waals surface area contributed by atoms with Crippen LogP contribution in [0.1, 0.15) is 32.6 Å². The van der Waals surface area contributed by atoms with Crippen LogP contribution < -0.4 is 0 Å². The fourth-order valence-corrected chi connectivity index (χ4v) is 1.53. The predicted molar refractivity (Wildman–Crippen MR) is 53.4 cm³/mol. The Morgan fingerprint density at radius 3 is 2.77 bits per heavy atom. The molecule has 2 nitrogen and oxygen atoms in total. The van der Waals surface area contributed by atoms with Crippen LogP contribution in [-0.4, -0.2) is 22.4 Å². The molecule has 13 heavy (non-hydrogen) atoms. The monoisotopic (exact) mass is 182 g/mol. The summed E-state index contributed by atoms with van der Waals surface area (Å²) in [6.07, 6.45) is 8.32. The maximum absolute atomic E-state index is 9.57. The summed E-state index contributed by atoms with van der Waals surface area (Å²) < 4.78 is 0. The Morgan fingerprint density at radius 2 is 2.08 bits per heavy atom. The Kier molecular flexibility index (Phi) is 4.19. The molecule has 0 heterocycles. The molecule has 0 unspecified atom stereocenters. The van der Waals surface area contributed by atoms with Crippen molar-refractivity contribution in [1.82, 2.24) is 0 Å². The average molecular weight is 182 g/mol. The third kappa shape index (κ3) is 2.98. The summed E-state index contributed by atoms with van der Waals surface area (Å²) >= 11 is 0. The topological polar surface area (TPSA) is 40.5 Å². The van der Waals surface area contributed by atoms with E-state index >= 15 is 0 Å². The number of aliphatic hydroxyl groups excluding tert-OH is 2. The maximum Gasteiger partial charge on any atom is 0.105 e. The first kappa shape index (κ1) is 10.5. The fourth-order valence-electron chi connectivity index (χ4n) is 1.53. The van der Waals surface area contributed by atoms with Gasteiger partial charge in [-0.25, -0.2) is 0 Å². The second-order valence-corrected chi connectivity index (χ2v) is 3.52. The highest BCUT2D eigenvalue weighted by atomic mass is 16.3. The van der Waals surface area contributed by atoms with E-state index in [1.165, 1.54) is 12.8 Å². The molecular weight excluding hydrogens is 164 g/mol. The number of hydrogen-bond acceptors (Lipinski definition) is 2. The smallest absolute Gasteiger partial charge is 0.105 e. The molecule has 1 aliphatic carbocycles. The van der Waals surface area contributed by atoms with Crippen molar-refractivity contribution in [1.29, 1.82) is 0 Å². The Hall–Kier alpha value is -0.600. The van der Waals surface area contributed by atoms with Crippen LogP contribution in [0, 0.1) is 0 Å². The van der Waals surface area contributed by atoms with Gasteiger partial charge in [0.15, 0.2) is 0 Å². The summed E-state index contributed by atoms with van der Waals surface area (Å²) in [5.74, 6) is 0. The lowest BCUT2D eigenvalue weighted by atomic mass is 9.94. The van der Waals surface area contributed by atoms with E-state index < -0.39 is 12.2 Å². The van der Waals surface area contributed by atoms with E-state index in [1.54, 1.807) is 6.08 Å². The zero-order valence-electron chi connectivity index (χ0n) is 8.11. The van der Waals surface area contributed by atoms with E-state index in [4.69, 9.17) is 0 Å². The van der Waals surface area contributed by atoms with Crippen molar-refractivity contribution in [2.24, 2.45) is 0 Å². The first-order valence-corrected chi connectivity index (χ1v) is 4.99. The van der Waals surface area contributed by atoms with Crippen LogP contribution in [0.25, 0.3) is 0 Å². The van der Waals surface area contributed by atoms with Gasteiger partial charge in [-0.2, -0.15) is 0 Å². The van der Waals surface area contributed by atoms with Crippen LogP contribution in [0.15, 0.2) is 23.8 Å². The van der Waals surface area contributed by atoms with Crippen LogP contribution in [0.4, 0.5) is 0 Å². The number of aliphatic hydroxyl groups is 2. The number of unbranched alkanes of at least 4 members (excludes halogenated alkanes) is 2. The van der Waals surface area contributed by atoms with Crippen LogP contribution in [0.2, 0.25) is 0 Å².